The SMILES string of the molecule is Nc1cncc(C(=O)NCc2ccncc2)n1. The molecular formula is C11H11N5O. The molecule has 3 N–H and O–H groups in total. The fraction of sp³-hybridized carbons (Fsp3) is 0.0909. The van der Waals surface area contributed by atoms with Crippen molar-refractivity contribution in [2.45, 2.75) is 6.54 Å². The Hall–Kier alpha value is -2.50. The largest absolute Gasteiger partial charge is 0.382 e. The number of nitrogens with one attached hydrogen (secondary N) is 1. The van der Waals surface area contributed by atoms with Crippen molar-refractivity contribution >= 4 is 11.7 Å². The highest BCUT2D eigenvalue weighted by Crippen LogP contribution is 1.99. The summed E-state index contributed by atoms with van der Waals surface area (Å²) >= 11 is 0. The minimum Gasteiger partial charge on any atom is -0.382 e. The normalized spacial score (nSPS) is 9.88. The molecule has 0 fully saturated rings. The van der Waals surface area contributed by atoms with E-state index in [1.54, 1.807) is 12.4 Å². The first-order valence-corrected chi connectivity index (χ1v) is 5.00. The van der Waals surface area contributed by atoms with Crippen LogP contribution in [0.2, 0.25) is 0 Å². The van der Waals surface area contributed by atoms with Gasteiger partial charge in [-0.25, -0.2) is 4.98 Å². The van der Waals surface area contributed by atoms with Crippen LogP contribution in [-0.4, -0.2) is 20.9 Å². The molecule has 1 amide bonds. The molecule has 6 heteroatoms. The molecular weight excluding hydrogens is 218 g/mol. The first kappa shape index (κ1) is 11.0. The lowest BCUT2D eigenvalue weighted by molar-refractivity contribution is 0.0945. The number of hydrogen-bond acceptors (Lipinski definition) is 5. The third kappa shape index (κ3) is 2.97. The minimum absolute atomic E-state index is 0.207. The zero-order valence-corrected chi connectivity index (χ0v) is 9.00. The number of nitrogens with two attached hydrogens (primary N) is 1. The molecule has 17 heavy (non-hydrogen) atoms. The number of carbonyl (C=O) groups excluding carboxylic acids is 1. The molecule has 2 heterocycles. The van der Waals surface area contributed by atoms with Gasteiger partial charge in [-0.3, -0.25) is 14.8 Å². The number of nitrogens with zero attached hydrogens (tertiary/aromatic N) is 3. The van der Waals surface area contributed by atoms with E-state index in [4.69, 9.17) is 5.73 Å². The Balaban J connectivity index is 1.98. The van der Waals surface area contributed by atoms with Gasteiger partial charge in [0.05, 0.1) is 12.4 Å². The van der Waals surface area contributed by atoms with Gasteiger partial charge in [-0.2, -0.15) is 0 Å². The Morgan fingerprint density at radius 3 is 2.71 bits per heavy atom. The second-order valence-corrected chi connectivity index (χ2v) is 3.37. The third-order valence-corrected chi connectivity index (χ3v) is 2.09. The van der Waals surface area contributed by atoms with Crippen LogP contribution in [0.25, 0.3) is 0 Å². The van der Waals surface area contributed by atoms with Crippen LogP contribution in [0.4, 0.5) is 5.82 Å². The number of pyridine rings is 1. The summed E-state index contributed by atoms with van der Waals surface area (Å²) in [4.78, 5) is 23.3. The highest BCUT2D eigenvalue weighted by molar-refractivity contribution is 5.92. The van der Waals surface area contributed by atoms with Crippen LogP contribution in [0.15, 0.2) is 36.9 Å². The highest BCUT2D eigenvalue weighted by Gasteiger charge is 2.07. The molecule has 2 aromatic rings. The molecule has 2 aromatic heterocycles. The number of hydrogen-bond donors (Lipinski definition) is 2. The molecule has 0 aliphatic carbocycles. The Morgan fingerprint density at radius 2 is 2.00 bits per heavy atom. The second-order valence-electron chi connectivity index (χ2n) is 3.37. The molecule has 86 valence electrons. The van der Waals surface area contributed by atoms with Gasteiger partial charge >= 0.3 is 0 Å². The fourth-order valence-electron chi connectivity index (χ4n) is 1.26. The fourth-order valence-corrected chi connectivity index (χ4v) is 1.26. The van der Waals surface area contributed by atoms with E-state index in [0.717, 1.165) is 5.56 Å². The molecule has 0 atom stereocenters. The van der Waals surface area contributed by atoms with E-state index in [2.05, 4.69) is 20.3 Å². The van der Waals surface area contributed by atoms with E-state index in [1.807, 2.05) is 12.1 Å². The van der Waals surface area contributed by atoms with E-state index < -0.39 is 0 Å². The summed E-state index contributed by atoms with van der Waals surface area (Å²) in [6, 6.07) is 3.65. The second kappa shape index (κ2) is 5.02. The smallest absolute Gasteiger partial charge is 0.271 e. The lowest BCUT2D eigenvalue weighted by Crippen LogP contribution is -2.24. The molecule has 0 aromatic carbocycles. The molecule has 0 saturated carbocycles. The van der Waals surface area contributed by atoms with Gasteiger partial charge in [0.15, 0.2) is 0 Å². The van der Waals surface area contributed by atoms with E-state index in [-0.39, 0.29) is 17.4 Å². The quantitative estimate of drug-likeness (QED) is 0.793. The Bertz CT molecular complexity index is 514. The van der Waals surface area contributed by atoms with E-state index in [9.17, 15) is 4.79 Å². The molecule has 0 bridgehead atoms. The maximum atomic E-state index is 11.7. The van der Waals surface area contributed by atoms with E-state index >= 15 is 0 Å². The lowest BCUT2D eigenvalue weighted by atomic mass is 10.2. The van der Waals surface area contributed by atoms with Crippen molar-refractivity contribution in [1.82, 2.24) is 20.3 Å². The van der Waals surface area contributed by atoms with Gasteiger partial charge in [0.25, 0.3) is 5.91 Å². The molecule has 0 aliphatic rings. The molecule has 2 rings (SSSR count). The van der Waals surface area contributed by atoms with Crippen LogP contribution in [-0.2, 0) is 6.54 Å². The maximum Gasteiger partial charge on any atom is 0.271 e. The van der Waals surface area contributed by atoms with Crippen LogP contribution in [0.1, 0.15) is 16.1 Å². The predicted octanol–water partition coefficient (Wildman–Crippen LogP) is 0.384. The van der Waals surface area contributed by atoms with Crippen LogP contribution in [0.5, 0.6) is 0 Å². The van der Waals surface area contributed by atoms with E-state index in [0.29, 0.717) is 6.54 Å². The van der Waals surface area contributed by atoms with Gasteiger partial charge in [-0.05, 0) is 17.7 Å². The van der Waals surface area contributed by atoms with Crippen molar-refractivity contribution in [3.05, 3.63) is 48.2 Å². The zero-order valence-electron chi connectivity index (χ0n) is 9.00. The molecule has 0 spiro atoms. The van der Waals surface area contributed by atoms with Crippen LogP contribution >= 0.6 is 0 Å². The number of aromatic nitrogens is 3. The van der Waals surface area contributed by atoms with Gasteiger partial charge in [-0.15, -0.1) is 0 Å². The van der Waals surface area contributed by atoms with Crippen LogP contribution in [0, 0.1) is 0 Å². The lowest BCUT2D eigenvalue weighted by Gasteiger charge is -2.04. The molecule has 6 nitrogen and oxygen atoms in total. The van der Waals surface area contributed by atoms with Crippen molar-refractivity contribution in [2.75, 3.05) is 5.73 Å². The third-order valence-electron chi connectivity index (χ3n) is 2.09. The zero-order chi connectivity index (χ0) is 12.1. The molecule has 0 radical (unpaired) electrons. The van der Waals surface area contributed by atoms with Crippen molar-refractivity contribution in [3.63, 3.8) is 0 Å². The minimum atomic E-state index is -0.304. The standard InChI is InChI=1S/C11H11N5O/c12-10-7-14-6-9(16-10)11(17)15-5-8-1-3-13-4-2-8/h1-4,6-7H,5H2,(H2,12,16)(H,15,17). The summed E-state index contributed by atoms with van der Waals surface area (Å²) in [5, 5.41) is 2.72. The summed E-state index contributed by atoms with van der Waals surface area (Å²) in [6.07, 6.45) is 6.10. The maximum absolute atomic E-state index is 11.7. The number of rotatable bonds is 3. The molecule has 0 saturated heterocycles. The van der Waals surface area contributed by atoms with Crippen LogP contribution in [0.3, 0.4) is 0 Å². The highest BCUT2D eigenvalue weighted by atomic mass is 16.1. The summed E-state index contributed by atoms with van der Waals surface area (Å²) in [6.45, 7) is 0.415. The van der Waals surface area contributed by atoms with Crippen molar-refractivity contribution in [3.8, 4) is 0 Å². The number of anilines is 1. The topological polar surface area (TPSA) is 93.8 Å². The van der Waals surface area contributed by atoms with Crippen molar-refractivity contribution in [1.29, 1.82) is 0 Å². The Labute approximate surface area is 97.9 Å². The molecule has 0 unspecified atom stereocenters. The summed E-state index contributed by atoms with van der Waals surface area (Å²) in [5.74, 6) is -0.0804. The van der Waals surface area contributed by atoms with Gasteiger partial charge in [0, 0.05) is 18.9 Å². The van der Waals surface area contributed by atoms with Crippen LogP contribution < -0.4 is 11.1 Å². The monoisotopic (exact) mass is 229 g/mol. The number of nitrogen functional groups attached to an aromatic ring is 1. The van der Waals surface area contributed by atoms with Gasteiger partial charge in [-0.1, -0.05) is 0 Å². The van der Waals surface area contributed by atoms with Gasteiger partial charge in [0.2, 0.25) is 0 Å². The summed E-state index contributed by atoms with van der Waals surface area (Å²) in [5.41, 5.74) is 6.61. The number of carbonyl (C=O) groups is 1. The first-order valence-electron chi connectivity index (χ1n) is 5.00. The Kier molecular flexibility index (Phi) is 3.25. The molecule has 0 aliphatic heterocycles. The summed E-state index contributed by atoms with van der Waals surface area (Å²) < 4.78 is 0. The Morgan fingerprint density at radius 1 is 1.24 bits per heavy atom. The van der Waals surface area contributed by atoms with Crippen molar-refractivity contribution in [2.24, 2.45) is 0 Å². The average Bonchev–Trinajstić information content (AvgIpc) is 2.37. The number of amides is 1. The van der Waals surface area contributed by atoms with E-state index in [1.165, 1.54) is 12.4 Å². The van der Waals surface area contributed by atoms with Gasteiger partial charge in [0.1, 0.15) is 11.5 Å². The summed E-state index contributed by atoms with van der Waals surface area (Å²) in [7, 11) is 0. The first-order chi connectivity index (χ1) is 8.25. The average molecular weight is 229 g/mol. The predicted molar refractivity (Wildman–Crippen MR) is 61.9 cm³/mol. The van der Waals surface area contributed by atoms with Crippen molar-refractivity contribution < 1.29 is 4.79 Å². The van der Waals surface area contributed by atoms with Gasteiger partial charge < -0.3 is 11.1 Å².